The zero-order valence-electron chi connectivity index (χ0n) is 16.7. The van der Waals surface area contributed by atoms with Crippen molar-refractivity contribution >= 4 is 16.9 Å². The number of carbonyl (C=O) groups is 1. The molecule has 2 aliphatic rings. The summed E-state index contributed by atoms with van der Waals surface area (Å²) < 4.78 is 2.36. The van der Waals surface area contributed by atoms with Crippen LogP contribution in [-0.4, -0.2) is 33.4 Å². The van der Waals surface area contributed by atoms with Crippen LogP contribution in [0.3, 0.4) is 0 Å². The van der Waals surface area contributed by atoms with E-state index in [1.807, 2.05) is 0 Å². The molecule has 1 aromatic heterocycles. The molecule has 1 saturated heterocycles. The van der Waals surface area contributed by atoms with E-state index in [0.29, 0.717) is 11.8 Å². The summed E-state index contributed by atoms with van der Waals surface area (Å²) in [6.07, 6.45) is 10.9. The number of aromatic nitrogens is 2. The highest BCUT2D eigenvalue weighted by molar-refractivity contribution is 5.76. The Balaban J connectivity index is 1.27. The van der Waals surface area contributed by atoms with Crippen molar-refractivity contribution in [3.63, 3.8) is 0 Å². The van der Waals surface area contributed by atoms with Gasteiger partial charge in [0, 0.05) is 26.1 Å². The Hall–Kier alpha value is -1.84. The molecule has 4 heteroatoms. The number of fused-ring (bicyclic) bond motifs is 1. The molecule has 2 aromatic rings. The van der Waals surface area contributed by atoms with Gasteiger partial charge in [0.15, 0.2) is 0 Å². The Morgan fingerprint density at radius 1 is 1.04 bits per heavy atom. The first-order valence-corrected chi connectivity index (χ1v) is 10.9. The predicted octanol–water partition coefficient (Wildman–Crippen LogP) is 4.94. The average molecular weight is 368 g/mol. The number of carbonyl (C=O) groups excluding carboxylic acids is 1. The first kappa shape index (κ1) is 18.5. The molecule has 1 saturated carbocycles. The highest BCUT2D eigenvalue weighted by Crippen LogP contribution is 2.28. The first-order valence-electron chi connectivity index (χ1n) is 10.9. The fraction of sp³-hybridized carbons (Fsp3) is 0.652. The van der Waals surface area contributed by atoms with Crippen LogP contribution in [0.5, 0.6) is 0 Å². The second-order valence-electron chi connectivity index (χ2n) is 8.63. The third-order valence-corrected chi connectivity index (χ3v) is 6.74. The van der Waals surface area contributed by atoms with Crippen LogP contribution in [0.2, 0.25) is 0 Å². The smallest absolute Gasteiger partial charge is 0.222 e. The highest BCUT2D eigenvalue weighted by Gasteiger charge is 2.24. The number of aryl methyl sites for hydroxylation is 1. The number of likely N-dealkylation sites (tertiary alicyclic amines) is 1. The number of rotatable bonds is 5. The van der Waals surface area contributed by atoms with Crippen molar-refractivity contribution in [2.75, 3.05) is 13.1 Å². The van der Waals surface area contributed by atoms with Gasteiger partial charge in [0.05, 0.1) is 11.0 Å². The number of amides is 1. The largest absolute Gasteiger partial charge is 0.343 e. The summed E-state index contributed by atoms with van der Waals surface area (Å²) in [6.45, 7) is 4.99. The zero-order valence-corrected chi connectivity index (χ0v) is 16.7. The van der Waals surface area contributed by atoms with Gasteiger partial charge in [-0.3, -0.25) is 4.79 Å². The number of para-hydroxylation sites is 2. The van der Waals surface area contributed by atoms with Crippen LogP contribution in [0, 0.1) is 18.8 Å². The maximum atomic E-state index is 12.6. The monoisotopic (exact) mass is 367 g/mol. The molecular formula is C23H33N3O. The van der Waals surface area contributed by atoms with Gasteiger partial charge in [-0.05, 0) is 50.2 Å². The summed E-state index contributed by atoms with van der Waals surface area (Å²) in [6, 6.07) is 8.40. The van der Waals surface area contributed by atoms with E-state index in [9.17, 15) is 4.79 Å². The molecule has 0 radical (unpaired) electrons. The minimum atomic E-state index is 0.392. The van der Waals surface area contributed by atoms with Gasteiger partial charge in [0.25, 0.3) is 0 Å². The lowest BCUT2D eigenvalue weighted by atomic mass is 9.86. The lowest BCUT2D eigenvalue weighted by Crippen LogP contribution is -2.39. The quantitative estimate of drug-likeness (QED) is 0.750. The molecule has 0 atom stereocenters. The Morgan fingerprint density at radius 2 is 1.78 bits per heavy atom. The maximum Gasteiger partial charge on any atom is 0.222 e. The molecule has 1 aliphatic carbocycles. The Morgan fingerprint density at radius 3 is 2.56 bits per heavy atom. The van der Waals surface area contributed by atoms with Gasteiger partial charge in [-0.2, -0.15) is 0 Å². The molecule has 0 bridgehead atoms. The summed E-state index contributed by atoms with van der Waals surface area (Å²) in [5.74, 6) is 2.94. The molecule has 1 aromatic carbocycles. The second kappa shape index (κ2) is 8.45. The fourth-order valence-electron chi connectivity index (χ4n) is 5.01. The van der Waals surface area contributed by atoms with Crippen LogP contribution in [-0.2, 0) is 11.3 Å². The van der Waals surface area contributed by atoms with Crippen molar-refractivity contribution in [1.82, 2.24) is 14.5 Å². The molecule has 2 fully saturated rings. The van der Waals surface area contributed by atoms with Crippen molar-refractivity contribution in [3.05, 3.63) is 30.1 Å². The summed E-state index contributed by atoms with van der Waals surface area (Å²) in [5, 5.41) is 0. The number of nitrogens with zero attached hydrogens (tertiary/aromatic N) is 3. The van der Waals surface area contributed by atoms with E-state index in [1.54, 1.807) is 0 Å². The van der Waals surface area contributed by atoms with Crippen molar-refractivity contribution in [2.24, 2.45) is 11.8 Å². The molecule has 4 nitrogen and oxygen atoms in total. The summed E-state index contributed by atoms with van der Waals surface area (Å²) >= 11 is 0. The van der Waals surface area contributed by atoms with Crippen LogP contribution in [0.25, 0.3) is 11.0 Å². The van der Waals surface area contributed by atoms with Crippen LogP contribution < -0.4 is 0 Å². The van der Waals surface area contributed by atoms with E-state index in [4.69, 9.17) is 0 Å². The molecule has 146 valence electrons. The number of hydrogen-bond acceptors (Lipinski definition) is 2. The van der Waals surface area contributed by atoms with Gasteiger partial charge >= 0.3 is 0 Å². The van der Waals surface area contributed by atoms with Gasteiger partial charge in [0.2, 0.25) is 5.91 Å². The van der Waals surface area contributed by atoms with E-state index < -0.39 is 0 Å². The van der Waals surface area contributed by atoms with E-state index in [2.05, 4.69) is 45.6 Å². The topological polar surface area (TPSA) is 38.1 Å². The SMILES string of the molecule is Cc1nc2ccccc2n1CC1CCN(C(=O)CCC2CCCCC2)CC1. The Kier molecular flexibility index (Phi) is 5.80. The zero-order chi connectivity index (χ0) is 18.6. The fourth-order valence-corrected chi connectivity index (χ4v) is 5.01. The number of piperidine rings is 1. The summed E-state index contributed by atoms with van der Waals surface area (Å²) in [5.41, 5.74) is 2.33. The van der Waals surface area contributed by atoms with E-state index >= 15 is 0 Å². The van der Waals surface area contributed by atoms with E-state index in [1.165, 1.54) is 37.6 Å². The molecule has 0 spiro atoms. The van der Waals surface area contributed by atoms with Crippen LogP contribution in [0.1, 0.15) is 63.6 Å². The predicted molar refractivity (Wildman–Crippen MR) is 110 cm³/mol. The van der Waals surface area contributed by atoms with E-state index in [0.717, 1.165) is 62.6 Å². The van der Waals surface area contributed by atoms with Crippen LogP contribution in [0.15, 0.2) is 24.3 Å². The standard InChI is InChI=1S/C23H33N3O/c1-18-24-21-9-5-6-10-22(21)26(18)17-20-13-15-25(16-14-20)23(27)12-11-19-7-3-2-4-8-19/h5-6,9-10,19-20H,2-4,7-8,11-17H2,1H3. The Labute approximate surface area is 163 Å². The van der Waals surface area contributed by atoms with Gasteiger partial charge in [-0.15, -0.1) is 0 Å². The lowest BCUT2D eigenvalue weighted by molar-refractivity contribution is -0.133. The van der Waals surface area contributed by atoms with E-state index in [-0.39, 0.29) is 0 Å². The molecule has 2 heterocycles. The maximum absolute atomic E-state index is 12.6. The number of hydrogen-bond donors (Lipinski definition) is 0. The Bertz CT molecular complexity index is 767. The summed E-state index contributed by atoms with van der Waals surface area (Å²) in [4.78, 5) is 19.4. The minimum absolute atomic E-state index is 0.392. The first-order chi connectivity index (χ1) is 13.2. The lowest BCUT2D eigenvalue weighted by Gasteiger charge is -2.33. The molecule has 1 aliphatic heterocycles. The molecule has 4 rings (SSSR count). The molecular weight excluding hydrogens is 334 g/mol. The van der Waals surface area contributed by atoms with Crippen molar-refractivity contribution in [1.29, 1.82) is 0 Å². The molecule has 0 N–H and O–H groups in total. The molecule has 1 amide bonds. The molecule has 0 unspecified atom stereocenters. The third kappa shape index (κ3) is 4.36. The minimum Gasteiger partial charge on any atom is -0.343 e. The third-order valence-electron chi connectivity index (χ3n) is 6.74. The van der Waals surface area contributed by atoms with Gasteiger partial charge in [-0.1, -0.05) is 44.2 Å². The van der Waals surface area contributed by atoms with Crippen molar-refractivity contribution in [3.8, 4) is 0 Å². The summed E-state index contributed by atoms with van der Waals surface area (Å²) in [7, 11) is 0. The second-order valence-corrected chi connectivity index (χ2v) is 8.63. The number of benzene rings is 1. The molecule has 27 heavy (non-hydrogen) atoms. The average Bonchev–Trinajstić information content (AvgIpc) is 3.03. The normalized spacial score (nSPS) is 19.7. The van der Waals surface area contributed by atoms with Crippen molar-refractivity contribution < 1.29 is 4.79 Å². The van der Waals surface area contributed by atoms with Gasteiger partial charge in [0.1, 0.15) is 5.82 Å². The van der Waals surface area contributed by atoms with Gasteiger partial charge in [-0.25, -0.2) is 4.98 Å². The van der Waals surface area contributed by atoms with Crippen LogP contribution in [0.4, 0.5) is 0 Å². The van der Waals surface area contributed by atoms with Crippen molar-refractivity contribution in [2.45, 2.75) is 71.3 Å². The van der Waals surface area contributed by atoms with Gasteiger partial charge < -0.3 is 9.47 Å². The highest BCUT2D eigenvalue weighted by atomic mass is 16.2. The number of imidazole rings is 1. The van der Waals surface area contributed by atoms with Crippen LogP contribution >= 0.6 is 0 Å².